The molecule has 0 unspecified atom stereocenters. The first kappa shape index (κ1) is 23.3. The van der Waals surface area contributed by atoms with Crippen LogP contribution >= 0.6 is 0 Å². The lowest BCUT2D eigenvalue weighted by atomic mass is 9.91. The number of nitrogens with one attached hydrogen (secondary N) is 1. The van der Waals surface area contributed by atoms with Crippen LogP contribution in [0.25, 0.3) is 0 Å². The monoisotopic (exact) mass is 438 g/mol. The van der Waals surface area contributed by atoms with E-state index in [-0.39, 0.29) is 23.7 Å². The Morgan fingerprint density at radius 3 is 2.19 bits per heavy atom. The third kappa shape index (κ3) is 5.66. The summed E-state index contributed by atoms with van der Waals surface area (Å²) in [5.41, 5.74) is 0.590. The predicted octanol–water partition coefficient (Wildman–Crippen LogP) is 4.14. The Morgan fingerprint density at radius 2 is 1.59 bits per heavy atom. The number of likely N-dealkylation sites (tertiary alicyclic amines) is 1. The number of hydrogen-bond acceptors (Lipinski definition) is 5. The third-order valence-electron chi connectivity index (χ3n) is 5.44. The van der Waals surface area contributed by atoms with Crippen LogP contribution in [0.2, 0.25) is 0 Å². The maximum atomic E-state index is 12.5. The summed E-state index contributed by atoms with van der Waals surface area (Å²) in [6.07, 6.45) is 1.18. The Bertz CT molecular complexity index is 971. The van der Waals surface area contributed by atoms with Crippen molar-refractivity contribution < 1.29 is 23.9 Å². The molecule has 1 aliphatic rings. The zero-order chi connectivity index (χ0) is 23.3. The molecular formula is C25H30N2O5. The minimum atomic E-state index is -0.420. The van der Waals surface area contributed by atoms with E-state index >= 15 is 0 Å². The molecule has 32 heavy (non-hydrogen) atoms. The molecule has 0 bridgehead atoms. The molecular weight excluding hydrogens is 408 g/mol. The Hall–Kier alpha value is -3.35. The zero-order valence-electron chi connectivity index (χ0n) is 19.0. The average Bonchev–Trinajstić information content (AvgIpc) is 2.79. The molecule has 1 saturated heterocycles. The molecule has 1 fully saturated rings. The SMILES string of the molecule is COc1ccccc1C(=O)Nc1ccc(OC(=O)C2CCN(C(=O)C(C)(C)C)CC2)cc1. The van der Waals surface area contributed by atoms with Gasteiger partial charge in [0.1, 0.15) is 11.5 Å². The third-order valence-corrected chi connectivity index (χ3v) is 5.44. The molecule has 0 aromatic heterocycles. The fourth-order valence-corrected chi connectivity index (χ4v) is 3.63. The average molecular weight is 439 g/mol. The molecule has 0 spiro atoms. The van der Waals surface area contributed by atoms with Crippen molar-refractivity contribution in [2.45, 2.75) is 33.6 Å². The number of para-hydroxylation sites is 1. The number of anilines is 1. The molecule has 7 heteroatoms. The molecule has 7 nitrogen and oxygen atoms in total. The lowest BCUT2D eigenvalue weighted by molar-refractivity contribution is -0.146. The standard InChI is InChI=1S/C25H30N2O5/c1-25(2,3)24(30)27-15-13-17(14-16-27)23(29)32-19-11-9-18(10-12-19)26-22(28)20-7-5-6-8-21(20)31-4/h5-12,17H,13-16H2,1-4H3,(H,26,28). The van der Waals surface area contributed by atoms with Gasteiger partial charge in [-0.1, -0.05) is 32.9 Å². The van der Waals surface area contributed by atoms with E-state index in [1.165, 1.54) is 7.11 Å². The molecule has 1 aliphatic heterocycles. The molecule has 170 valence electrons. The van der Waals surface area contributed by atoms with E-state index in [0.29, 0.717) is 48.7 Å². The number of benzene rings is 2. The van der Waals surface area contributed by atoms with Gasteiger partial charge >= 0.3 is 5.97 Å². The molecule has 0 radical (unpaired) electrons. The zero-order valence-corrected chi connectivity index (χ0v) is 19.0. The van der Waals surface area contributed by atoms with Gasteiger partial charge in [-0.2, -0.15) is 0 Å². The van der Waals surface area contributed by atoms with Gasteiger partial charge in [0.25, 0.3) is 5.91 Å². The van der Waals surface area contributed by atoms with Crippen LogP contribution in [0.15, 0.2) is 48.5 Å². The predicted molar refractivity (Wildman–Crippen MR) is 122 cm³/mol. The van der Waals surface area contributed by atoms with Gasteiger partial charge in [-0.05, 0) is 49.2 Å². The second kappa shape index (κ2) is 9.85. The Labute approximate surface area is 188 Å². The van der Waals surface area contributed by atoms with Gasteiger partial charge in [-0.3, -0.25) is 14.4 Å². The van der Waals surface area contributed by atoms with E-state index < -0.39 is 5.41 Å². The highest BCUT2D eigenvalue weighted by Crippen LogP contribution is 2.26. The highest BCUT2D eigenvalue weighted by Gasteiger charge is 2.33. The molecule has 0 aliphatic carbocycles. The molecule has 1 heterocycles. The summed E-state index contributed by atoms with van der Waals surface area (Å²) >= 11 is 0. The van der Waals surface area contributed by atoms with E-state index in [0.717, 1.165) is 0 Å². The van der Waals surface area contributed by atoms with Crippen molar-refractivity contribution >= 4 is 23.5 Å². The van der Waals surface area contributed by atoms with Crippen molar-refractivity contribution in [3.8, 4) is 11.5 Å². The van der Waals surface area contributed by atoms with Gasteiger partial charge in [0.15, 0.2) is 0 Å². The van der Waals surface area contributed by atoms with Crippen LogP contribution in [-0.2, 0) is 9.59 Å². The first-order valence-electron chi connectivity index (χ1n) is 10.7. The van der Waals surface area contributed by atoms with Crippen LogP contribution in [0.1, 0.15) is 44.0 Å². The minimum Gasteiger partial charge on any atom is -0.496 e. The number of carbonyl (C=O) groups is 3. The van der Waals surface area contributed by atoms with Crippen LogP contribution in [0, 0.1) is 11.3 Å². The minimum absolute atomic E-state index is 0.107. The van der Waals surface area contributed by atoms with Gasteiger partial charge in [0, 0.05) is 24.2 Å². The smallest absolute Gasteiger partial charge is 0.314 e. The molecule has 3 rings (SSSR count). The second-order valence-corrected chi connectivity index (χ2v) is 8.92. The Morgan fingerprint density at radius 1 is 0.969 bits per heavy atom. The summed E-state index contributed by atoms with van der Waals surface area (Å²) in [5, 5.41) is 2.81. The topological polar surface area (TPSA) is 84.9 Å². The van der Waals surface area contributed by atoms with Crippen molar-refractivity contribution in [2.24, 2.45) is 11.3 Å². The normalized spacial score (nSPS) is 14.6. The number of rotatable bonds is 5. The van der Waals surface area contributed by atoms with Gasteiger partial charge < -0.3 is 19.7 Å². The fraction of sp³-hybridized carbons (Fsp3) is 0.400. The van der Waals surface area contributed by atoms with Crippen LogP contribution in [0.5, 0.6) is 11.5 Å². The molecule has 2 aromatic carbocycles. The Balaban J connectivity index is 1.53. The molecule has 2 amide bonds. The maximum Gasteiger partial charge on any atom is 0.314 e. The van der Waals surface area contributed by atoms with Crippen molar-refractivity contribution in [3.05, 3.63) is 54.1 Å². The molecule has 2 aromatic rings. The number of carbonyl (C=O) groups excluding carboxylic acids is 3. The summed E-state index contributed by atoms with van der Waals surface area (Å²) in [6.45, 7) is 6.82. The molecule has 1 N–H and O–H groups in total. The van der Waals surface area contributed by atoms with Crippen LogP contribution in [-0.4, -0.2) is 42.9 Å². The van der Waals surface area contributed by atoms with Gasteiger partial charge in [-0.25, -0.2) is 0 Å². The van der Waals surface area contributed by atoms with Crippen molar-refractivity contribution in [3.63, 3.8) is 0 Å². The van der Waals surface area contributed by atoms with E-state index in [1.54, 1.807) is 48.5 Å². The highest BCUT2D eigenvalue weighted by molar-refractivity contribution is 6.06. The fourth-order valence-electron chi connectivity index (χ4n) is 3.63. The van der Waals surface area contributed by atoms with Gasteiger partial charge in [0.2, 0.25) is 5.91 Å². The second-order valence-electron chi connectivity index (χ2n) is 8.92. The number of methoxy groups -OCH3 is 1. The highest BCUT2D eigenvalue weighted by atomic mass is 16.5. The quantitative estimate of drug-likeness (QED) is 0.560. The largest absolute Gasteiger partial charge is 0.496 e. The summed E-state index contributed by atoms with van der Waals surface area (Å²) in [4.78, 5) is 39.3. The summed E-state index contributed by atoms with van der Waals surface area (Å²) in [6, 6.07) is 13.6. The summed E-state index contributed by atoms with van der Waals surface area (Å²) in [7, 11) is 1.52. The summed E-state index contributed by atoms with van der Waals surface area (Å²) < 4.78 is 10.7. The lowest BCUT2D eigenvalue weighted by Gasteiger charge is -2.34. The number of esters is 1. The molecule has 0 atom stereocenters. The van der Waals surface area contributed by atoms with Gasteiger partial charge in [0.05, 0.1) is 18.6 Å². The number of piperidine rings is 1. The molecule has 0 saturated carbocycles. The van der Waals surface area contributed by atoms with Crippen molar-refractivity contribution in [1.82, 2.24) is 4.90 Å². The number of hydrogen-bond donors (Lipinski definition) is 1. The van der Waals surface area contributed by atoms with Crippen molar-refractivity contribution in [2.75, 3.05) is 25.5 Å². The van der Waals surface area contributed by atoms with Crippen LogP contribution in [0.4, 0.5) is 5.69 Å². The Kier molecular flexibility index (Phi) is 7.18. The number of amides is 2. The van der Waals surface area contributed by atoms with Gasteiger partial charge in [-0.15, -0.1) is 0 Å². The van der Waals surface area contributed by atoms with E-state index in [1.807, 2.05) is 25.7 Å². The van der Waals surface area contributed by atoms with E-state index in [9.17, 15) is 14.4 Å². The van der Waals surface area contributed by atoms with E-state index in [2.05, 4.69) is 5.32 Å². The number of ether oxygens (including phenoxy) is 2. The first-order chi connectivity index (χ1) is 15.2. The lowest BCUT2D eigenvalue weighted by Crippen LogP contribution is -2.45. The maximum absolute atomic E-state index is 12.5. The number of nitrogens with zero attached hydrogens (tertiary/aromatic N) is 1. The van der Waals surface area contributed by atoms with E-state index in [4.69, 9.17) is 9.47 Å². The van der Waals surface area contributed by atoms with Crippen LogP contribution in [0.3, 0.4) is 0 Å². The first-order valence-corrected chi connectivity index (χ1v) is 10.7. The van der Waals surface area contributed by atoms with Crippen LogP contribution < -0.4 is 14.8 Å². The summed E-state index contributed by atoms with van der Waals surface area (Å²) in [5.74, 6) is 0.200. The van der Waals surface area contributed by atoms with Crippen molar-refractivity contribution in [1.29, 1.82) is 0 Å².